The van der Waals surface area contributed by atoms with E-state index in [2.05, 4.69) is 66.5 Å². The van der Waals surface area contributed by atoms with Gasteiger partial charge in [0.05, 0.1) is 24.1 Å². The largest absolute Gasteiger partial charge is 0.374 e. The molecular formula is C24H30N4O. The normalized spacial score (nSPS) is 17.5. The molecule has 1 N–H and O–H groups in total. The fourth-order valence-corrected chi connectivity index (χ4v) is 4.00. The summed E-state index contributed by atoms with van der Waals surface area (Å²) in [4.78, 5) is 2.48. The van der Waals surface area contributed by atoms with Crippen molar-refractivity contribution in [2.75, 3.05) is 26.2 Å². The number of morpholine rings is 1. The summed E-state index contributed by atoms with van der Waals surface area (Å²) in [5, 5.41) is 8.34. The van der Waals surface area contributed by atoms with Crippen LogP contribution in [0, 0.1) is 13.8 Å². The van der Waals surface area contributed by atoms with E-state index in [1.54, 1.807) is 0 Å². The molecule has 1 aromatic heterocycles. The van der Waals surface area contributed by atoms with Gasteiger partial charge in [-0.25, -0.2) is 4.68 Å². The molecule has 0 radical (unpaired) electrons. The Morgan fingerprint density at radius 3 is 2.52 bits per heavy atom. The van der Waals surface area contributed by atoms with E-state index in [4.69, 9.17) is 9.84 Å². The fourth-order valence-electron chi connectivity index (χ4n) is 4.00. The van der Waals surface area contributed by atoms with Gasteiger partial charge in [-0.1, -0.05) is 48.5 Å². The number of ether oxygens (including phenoxy) is 1. The summed E-state index contributed by atoms with van der Waals surface area (Å²) in [6.45, 7) is 9.62. The maximum Gasteiger partial charge on any atom is 0.0826 e. The number of aromatic nitrogens is 2. The monoisotopic (exact) mass is 390 g/mol. The second-order valence-electron chi connectivity index (χ2n) is 7.74. The minimum absolute atomic E-state index is 0.220. The number of hydrogen-bond acceptors (Lipinski definition) is 4. The minimum atomic E-state index is 0.220. The lowest BCUT2D eigenvalue weighted by Gasteiger charge is -2.33. The first-order valence-electron chi connectivity index (χ1n) is 10.4. The van der Waals surface area contributed by atoms with E-state index >= 15 is 0 Å². The molecule has 2 aromatic carbocycles. The van der Waals surface area contributed by atoms with Crippen LogP contribution in [0.15, 0.2) is 60.7 Å². The Balaban J connectivity index is 1.31. The number of nitrogens with one attached hydrogen (secondary N) is 1. The molecule has 0 unspecified atom stereocenters. The topological polar surface area (TPSA) is 42.3 Å². The van der Waals surface area contributed by atoms with Gasteiger partial charge in [0.2, 0.25) is 0 Å². The summed E-state index contributed by atoms with van der Waals surface area (Å²) in [5.74, 6) is 0. The van der Waals surface area contributed by atoms with Crippen LogP contribution in [0.25, 0.3) is 5.69 Å². The van der Waals surface area contributed by atoms with Crippen LogP contribution in [0.2, 0.25) is 0 Å². The molecule has 4 rings (SSSR count). The Kier molecular flexibility index (Phi) is 6.39. The SMILES string of the molecule is Cc1nn(-c2ccccc2)c(C)c1CNC[C@@H]1CN(Cc2ccccc2)CCO1. The molecule has 1 aliphatic heterocycles. The van der Waals surface area contributed by atoms with Gasteiger partial charge in [-0.05, 0) is 31.5 Å². The summed E-state index contributed by atoms with van der Waals surface area (Å²) in [6, 6.07) is 21.0. The zero-order valence-corrected chi connectivity index (χ0v) is 17.3. The van der Waals surface area contributed by atoms with Gasteiger partial charge < -0.3 is 10.1 Å². The Hall–Kier alpha value is -2.47. The molecule has 0 amide bonds. The number of hydrogen-bond donors (Lipinski definition) is 1. The van der Waals surface area contributed by atoms with Gasteiger partial charge in [0, 0.05) is 44.0 Å². The second-order valence-corrected chi connectivity index (χ2v) is 7.74. The van der Waals surface area contributed by atoms with Crippen molar-refractivity contribution in [3.8, 4) is 5.69 Å². The Morgan fingerprint density at radius 1 is 1.03 bits per heavy atom. The van der Waals surface area contributed by atoms with Crippen LogP contribution < -0.4 is 5.32 Å². The van der Waals surface area contributed by atoms with Crippen LogP contribution in [-0.4, -0.2) is 47.0 Å². The van der Waals surface area contributed by atoms with Crippen LogP contribution in [0.5, 0.6) is 0 Å². The Bertz CT molecular complexity index is 907. The lowest BCUT2D eigenvalue weighted by atomic mass is 10.1. The third-order valence-electron chi connectivity index (χ3n) is 5.59. The predicted octanol–water partition coefficient (Wildman–Crippen LogP) is 3.48. The van der Waals surface area contributed by atoms with E-state index in [1.165, 1.54) is 16.8 Å². The molecule has 1 fully saturated rings. The van der Waals surface area contributed by atoms with Crippen LogP contribution in [0.4, 0.5) is 0 Å². The molecule has 0 aliphatic carbocycles. The van der Waals surface area contributed by atoms with Crippen molar-refractivity contribution in [2.45, 2.75) is 33.0 Å². The smallest absolute Gasteiger partial charge is 0.0826 e. The van der Waals surface area contributed by atoms with Crippen molar-refractivity contribution >= 4 is 0 Å². The number of para-hydroxylation sites is 1. The molecule has 3 aromatic rings. The first kappa shape index (κ1) is 19.8. The lowest BCUT2D eigenvalue weighted by molar-refractivity contribution is -0.0300. The zero-order valence-electron chi connectivity index (χ0n) is 17.3. The molecule has 5 heteroatoms. The molecule has 1 saturated heterocycles. The molecule has 0 spiro atoms. The van der Waals surface area contributed by atoms with Gasteiger partial charge in [-0.15, -0.1) is 0 Å². The third kappa shape index (κ3) is 4.93. The highest BCUT2D eigenvalue weighted by molar-refractivity contribution is 5.36. The molecule has 1 aliphatic rings. The highest BCUT2D eigenvalue weighted by Gasteiger charge is 2.21. The maximum absolute atomic E-state index is 5.99. The zero-order chi connectivity index (χ0) is 20.1. The van der Waals surface area contributed by atoms with E-state index in [1.807, 2.05) is 22.9 Å². The molecular weight excluding hydrogens is 360 g/mol. The predicted molar refractivity (Wildman–Crippen MR) is 116 cm³/mol. The van der Waals surface area contributed by atoms with E-state index in [0.717, 1.165) is 50.7 Å². The van der Waals surface area contributed by atoms with Crippen molar-refractivity contribution < 1.29 is 4.74 Å². The summed E-state index contributed by atoms with van der Waals surface area (Å²) in [5.41, 5.74) is 6.00. The summed E-state index contributed by atoms with van der Waals surface area (Å²) in [7, 11) is 0. The maximum atomic E-state index is 5.99. The van der Waals surface area contributed by atoms with Crippen molar-refractivity contribution in [1.29, 1.82) is 0 Å². The summed E-state index contributed by atoms with van der Waals surface area (Å²) >= 11 is 0. The number of nitrogens with zero attached hydrogens (tertiary/aromatic N) is 3. The molecule has 0 bridgehead atoms. The standard InChI is InChI=1S/C24H30N4O/c1-19-24(20(2)28(26-19)22-11-7-4-8-12-22)16-25-15-23-18-27(13-14-29-23)17-21-9-5-3-6-10-21/h3-12,23,25H,13-18H2,1-2H3/t23-/m1/s1. The molecule has 1 atom stereocenters. The lowest BCUT2D eigenvalue weighted by Crippen LogP contribution is -2.46. The van der Waals surface area contributed by atoms with Gasteiger partial charge in [0.25, 0.3) is 0 Å². The van der Waals surface area contributed by atoms with Crippen molar-refractivity contribution in [3.05, 3.63) is 83.2 Å². The molecule has 2 heterocycles. The number of benzene rings is 2. The number of aryl methyl sites for hydroxylation is 1. The van der Waals surface area contributed by atoms with Gasteiger partial charge in [-0.3, -0.25) is 4.90 Å². The van der Waals surface area contributed by atoms with Crippen LogP contribution >= 0.6 is 0 Å². The Labute approximate surface area is 173 Å². The molecule has 29 heavy (non-hydrogen) atoms. The average Bonchev–Trinajstić information content (AvgIpc) is 3.04. The van der Waals surface area contributed by atoms with Crippen molar-refractivity contribution in [3.63, 3.8) is 0 Å². The van der Waals surface area contributed by atoms with Crippen LogP contribution in [0.1, 0.15) is 22.5 Å². The van der Waals surface area contributed by atoms with Gasteiger partial charge in [-0.2, -0.15) is 5.10 Å². The first-order valence-corrected chi connectivity index (χ1v) is 10.4. The summed E-state index contributed by atoms with van der Waals surface area (Å²) in [6.07, 6.45) is 0.220. The first-order chi connectivity index (χ1) is 14.2. The minimum Gasteiger partial charge on any atom is -0.374 e. The van der Waals surface area contributed by atoms with E-state index < -0.39 is 0 Å². The molecule has 152 valence electrons. The van der Waals surface area contributed by atoms with Crippen molar-refractivity contribution in [2.24, 2.45) is 0 Å². The molecule has 5 nitrogen and oxygen atoms in total. The van der Waals surface area contributed by atoms with E-state index in [-0.39, 0.29) is 6.10 Å². The van der Waals surface area contributed by atoms with Crippen LogP contribution in [0.3, 0.4) is 0 Å². The average molecular weight is 391 g/mol. The van der Waals surface area contributed by atoms with Crippen LogP contribution in [-0.2, 0) is 17.8 Å². The van der Waals surface area contributed by atoms with E-state index in [0.29, 0.717) is 0 Å². The highest BCUT2D eigenvalue weighted by Crippen LogP contribution is 2.18. The third-order valence-corrected chi connectivity index (χ3v) is 5.59. The quantitative estimate of drug-likeness (QED) is 0.671. The molecule has 0 saturated carbocycles. The highest BCUT2D eigenvalue weighted by atomic mass is 16.5. The number of rotatable bonds is 7. The van der Waals surface area contributed by atoms with Gasteiger partial charge in [0.1, 0.15) is 0 Å². The Morgan fingerprint density at radius 2 is 1.76 bits per heavy atom. The fraction of sp³-hybridized carbons (Fsp3) is 0.375. The van der Waals surface area contributed by atoms with Gasteiger partial charge >= 0.3 is 0 Å². The second kappa shape index (κ2) is 9.35. The van der Waals surface area contributed by atoms with Gasteiger partial charge in [0.15, 0.2) is 0 Å². The van der Waals surface area contributed by atoms with E-state index in [9.17, 15) is 0 Å². The van der Waals surface area contributed by atoms with Crippen molar-refractivity contribution in [1.82, 2.24) is 20.0 Å². The summed E-state index contributed by atoms with van der Waals surface area (Å²) < 4.78 is 8.03.